The normalized spacial score (nSPS) is 14.3. The number of allylic oxidation sites excluding steroid dienone is 1. The van der Waals surface area contributed by atoms with Crippen LogP contribution in [-0.2, 0) is 4.74 Å². The van der Waals surface area contributed by atoms with Crippen molar-refractivity contribution in [1.82, 2.24) is 4.98 Å². The predicted molar refractivity (Wildman–Crippen MR) is 99.9 cm³/mol. The first-order chi connectivity index (χ1) is 12.6. The molecule has 1 fully saturated rings. The number of fused-ring (bicyclic) bond motifs is 2. The molecule has 1 aromatic carbocycles. The summed E-state index contributed by atoms with van der Waals surface area (Å²) in [4.78, 5) is 29.0. The molecule has 2 heterocycles. The summed E-state index contributed by atoms with van der Waals surface area (Å²) in [5, 5.41) is 0.648. The highest BCUT2D eigenvalue weighted by Crippen LogP contribution is 2.31. The second-order valence-electron chi connectivity index (χ2n) is 6.38. The lowest BCUT2D eigenvalue weighted by molar-refractivity contribution is 0.0527. The first kappa shape index (κ1) is 16.3. The number of hydrogen-bond donors (Lipinski definition) is 1. The number of rotatable bonds is 4. The van der Waals surface area contributed by atoms with Crippen LogP contribution < -0.4 is 11.2 Å². The summed E-state index contributed by atoms with van der Waals surface area (Å²) in [6.07, 6.45) is 6.62. The monoisotopic (exact) mass is 350 g/mol. The highest BCUT2D eigenvalue weighted by Gasteiger charge is 2.18. The lowest BCUT2D eigenvalue weighted by atomic mass is 10.1. The summed E-state index contributed by atoms with van der Waals surface area (Å²) in [5.74, 6) is 0.0143. The van der Waals surface area contributed by atoms with Gasteiger partial charge in [0, 0.05) is 0 Å². The summed E-state index contributed by atoms with van der Waals surface area (Å²) in [5.41, 5.74) is 7.12. The van der Waals surface area contributed by atoms with Gasteiger partial charge in [-0.3, -0.25) is 4.79 Å². The predicted octanol–water partition coefficient (Wildman–Crippen LogP) is 3.52. The lowest BCUT2D eigenvalue weighted by Crippen LogP contribution is -2.12. The number of nitrogen functional groups attached to an aromatic ring is 1. The molecule has 0 unspecified atom stereocenters. The van der Waals surface area contributed by atoms with Gasteiger partial charge in [-0.15, -0.1) is 0 Å². The van der Waals surface area contributed by atoms with Gasteiger partial charge in [-0.2, -0.15) is 4.98 Å². The molecule has 0 saturated heterocycles. The Morgan fingerprint density at radius 1 is 1.35 bits per heavy atom. The minimum absolute atomic E-state index is 0.0255. The molecule has 0 bridgehead atoms. The number of pyridine rings is 1. The van der Waals surface area contributed by atoms with E-state index in [1.807, 2.05) is 12.1 Å². The molecular weight excluding hydrogens is 332 g/mol. The van der Waals surface area contributed by atoms with E-state index in [2.05, 4.69) is 11.1 Å². The van der Waals surface area contributed by atoms with E-state index in [-0.39, 0.29) is 34.5 Å². The summed E-state index contributed by atoms with van der Waals surface area (Å²) in [7, 11) is 0. The minimum Gasteiger partial charge on any atom is -0.462 e. The van der Waals surface area contributed by atoms with Crippen LogP contribution in [0.3, 0.4) is 0 Å². The second kappa shape index (κ2) is 6.29. The van der Waals surface area contributed by atoms with Crippen molar-refractivity contribution in [3.05, 3.63) is 51.7 Å². The molecule has 4 rings (SSSR count). The molecule has 26 heavy (non-hydrogen) atoms. The highest BCUT2D eigenvalue weighted by molar-refractivity contribution is 5.99. The third-order valence-corrected chi connectivity index (χ3v) is 4.39. The molecule has 1 saturated carbocycles. The van der Waals surface area contributed by atoms with E-state index in [9.17, 15) is 9.59 Å². The zero-order valence-corrected chi connectivity index (χ0v) is 14.3. The quantitative estimate of drug-likeness (QED) is 0.571. The zero-order valence-electron chi connectivity index (χ0n) is 14.3. The number of nitrogens with two attached hydrogens (primary N) is 1. The Hall–Kier alpha value is -3.15. The Balaban J connectivity index is 1.88. The maximum Gasteiger partial charge on any atom is 0.341 e. The summed E-state index contributed by atoms with van der Waals surface area (Å²) < 4.78 is 10.7. The van der Waals surface area contributed by atoms with Crippen LogP contribution in [0.15, 0.2) is 39.6 Å². The third kappa shape index (κ3) is 2.94. The van der Waals surface area contributed by atoms with E-state index >= 15 is 0 Å². The van der Waals surface area contributed by atoms with Crippen LogP contribution in [0, 0.1) is 5.92 Å². The first-order valence-corrected chi connectivity index (χ1v) is 8.59. The number of nitrogens with zero attached hydrogens (tertiary/aromatic N) is 1. The molecule has 2 aromatic heterocycles. The number of esters is 1. The van der Waals surface area contributed by atoms with Crippen LogP contribution in [0.2, 0.25) is 0 Å². The van der Waals surface area contributed by atoms with Gasteiger partial charge in [0.2, 0.25) is 11.1 Å². The van der Waals surface area contributed by atoms with Gasteiger partial charge in [-0.1, -0.05) is 18.2 Å². The molecule has 0 amide bonds. The molecule has 6 heteroatoms. The van der Waals surface area contributed by atoms with Crippen molar-refractivity contribution in [2.45, 2.75) is 19.8 Å². The average Bonchev–Trinajstić information content (AvgIpc) is 3.44. The number of carbonyl (C=O) groups is 1. The number of ether oxygens (including phenoxy) is 1. The Kier molecular flexibility index (Phi) is 3.95. The summed E-state index contributed by atoms with van der Waals surface area (Å²) in [6, 6.07) is 6.83. The second-order valence-corrected chi connectivity index (χ2v) is 6.38. The number of aromatic nitrogens is 1. The smallest absolute Gasteiger partial charge is 0.341 e. The van der Waals surface area contributed by atoms with Crippen molar-refractivity contribution in [3.8, 4) is 0 Å². The summed E-state index contributed by atoms with van der Waals surface area (Å²) in [6.45, 7) is 1.90. The fourth-order valence-corrected chi connectivity index (χ4v) is 2.83. The number of anilines is 1. The minimum atomic E-state index is -0.611. The van der Waals surface area contributed by atoms with Crippen LogP contribution in [0.25, 0.3) is 28.1 Å². The van der Waals surface area contributed by atoms with Gasteiger partial charge in [0.15, 0.2) is 0 Å². The maximum absolute atomic E-state index is 12.9. The van der Waals surface area contributed by atoms with Crippen LogP contribution >= 0.6 is 0 Å². The van der Waals surface area contributed by atoms with Crippen molar-refractivity contribution >= 4 is 39.9 Å². The van der Waals surface area contributed by atoms with E-state index < -0.39 is 5.97 Å². The largest absolute Gasteiger partial charge is 0.462 e. The Bertz CT molecular complexity index is 1110. The number of hydrogen-bond acceptors (Lipinski definition) is 6. The molecule has 0 atom stereocenters. The van der Waals surface area contributed by atoms with Crippen molar-refractivity contribution in [2.75, 3.05) is 12.3 Å². The van der Waals surface area contributed by atoms with Crippen LogP contribution in [0.4, 0.5) is 5.82 Å². The molecule has 132 valence electrons. The van der Waals surface area contributed by atoms with E-state index in [1.54, 1.807) is 19.1 Å². The van der Waals surface area contributed by atoms with Crippen LogP contribution in [-0.4, -0.2) is 17.6 Å². The highest BCUT2D eigenvalue weighted by atomic mass is 16.5. The van der Waals surface area contributed by atoms with Gasteiger partial charge in [0.05, 0.1) is 17.4 Å². The Morgan fingerprint density at radius 3 is 2.88 bits per heavy atom. The number of benzene rings is 1. The first-order valence-electron chi connectivity index (χ1n) is 8.59. The Labute approximate surface area is 149 Å². The van der Waals surface area contributed by atoms with Gasteiger partial charge in [0.25, 0.3) is 0 Å². The van der Waals surface area contributed by atoms with Crippen molar-refractivity contribution in [3.63, 3.8) is 0 Å². The van der Waals surface area contributed by atoms with Crippen molar-refractivity contribution in [1.29, 1.82) is 0 Å². The fraction of sp³-hybridized carbons (Fsp3) is 0.250. The molecular formula is C20H18N2O4. The zero-order chi connectivity index (χ0) is 18.3. The Morgan fingerprint density at radius 2 is 2.15 bits per heavy atom. The van der Waals surface area contributed by atoms with Crippen molar-refractivity contribution in [2.24, 2.45) is 5.92 Å². The SMILES string of the molecule is CCOC(=O)c1cc2c(=O)c3cc(/C=C/C4CC4)ccc3oc2nc1N. The molecule has 2 N–H and O–H groups in total. The molecule has 0 radical (unpaired) electrons. The molecule has 1 aliphatic rings. The van der Waals surface area contributed by atoms with E-state index in [1.165, 1.54) is 18.9 Å². The van der Waals surface area contributed by atoms with Gasteiger partial charge in [-0.25, -0.2) is 4.79 Å². The lowest BCUT2D eigenvalue weighted by Gasteiger charge is -2.07. The van der Waals surface area contributed by atoms with Crippen LogP contribution in [0.5, 0.6) is 0 Å². The summed E-state index contributed by atoms with van der Waals surface area (Å²) >= 11 is 0. The third-order valence-electron chi connectivity index (χ3n) is 4.39. The maximum atomic E-state index is 12.9. The molecule has 0 spiro atoms. The van der Waals surface area contributed by atoms with Gasteiger partial charge >= 0.3 is 5.97 Å². The van der Waals surface area contributed by atoms with Crippen LogP contribution in [0.1, 0.15) is 35.7 Å². The number of carbonyl (C=O) groups excluding carboxylic acids is 1. The van der Waals surface area contributed by atoms with Gasteiger partial charge < -0.3 is 14.9 Å². The molecule has 1 aliphatic carbocycles. The fourth-order valence-electron chi connectivity index (χ4n) is 2.83. The molecule has 3 aromatic rings. The topological polar surface area (TPSA) is 95.4 Å². The average molecular weight is 350 g/mol. The van der Waals surface area contributed by atoms with Gasteiger partial charge in [-0.05, 0) is 49.4 Å². The van der Waals surface area contributed by atoms with E-state index in [0.717, 1.165) is 5.56 Å². The van der Waals surface area contributed by atoms with Crippen molar-refractivity contribution < 1.29 is 13.9 Å². The van der Waals surface area contributed by atoms with Gasteiger partial charge in [0.1, 0.15) is 17.0 Å². The van der Waals surface area contributed by atoms with E-state index in [4.69, 9.17) is 14.9 Å². The molecule has 6 nitrogen and oxygen atoms in total. The molecule has 0 aliphatic heterocycles. The van der Waals surface area contributed by atoms with E-state index in [0.29, 0.717) is 16.9 Å². The standard InChI is InChI=1S/C20H18N2O4/c1-2-25-20(24)15-10-14-17(23)13-9-12(6-5-11-3-4-11)7-8-16(13)26-19(14)22-18(15)21/h5-11H,2-4H2,1H3,(H2,21,22)/b6-5+.